The highest BCUT2D eigenvalue weighted by Gasteiger charge is 2.53. The van der Waals surface area contributed by atoms with Crippen LogP contribution in [0.2, 0.25) is 0 Å². The number of Topliss-reactive ketones (excluding diaryl/α,β-unsaturated/α-hetero) is 1. The molecule has 2 saturated carbocycles. The van der Waals surface area contributed by atoms with Crippen LogP contribution in [0.15, 0.2) is 0 Å². The van der Waals surface area contributed by atoms with Crippen LogP contribution in [0.4, 0.5) is 4.79 Å². The molecule has 3 fully saturated rings. The molecule has 37 heavy (non-hydrogen) atoms. The third-order valence-corrected chi connectivity index (χ3v) is 7.89. The normalized spacial score (nSPS) is 25.3. The van der Waals surface area contributed by atoms with Crippen molar-refractivity contribution in [2.45, 2.75) is 128 Å². The van der Waals surface area contributed by atoms with Gasteiger partial charge in [0.2, 0.25) is 17.6 Å². The number of rotatable bonds is 10. The van der Waals surface area contributed by atoms with E-state index in [1.165, 1.54) is 0 Å². The van der Waals surface area contributed by atoms with Crippen molar-refractivity contribution in [1.29, 1.82) is 0 Å². The molecule has 4 unspecified atom stereocenters. The summed E-state index contributed by atoms with van der Waals surface area (Å²) in [5.74, 6) is -2.67. The quantitative estimate of drug-likeness (QED) is 0.377. The van der Waals surface area contributed by atoms with Gasteiger partial charge in [-0.05, 0) is 71.1 Å². The third-order valence-electron chi connectivity index (χ3n) is 7.89. The van der Waals surface area contributed by atoms with Gasteiger partial charge in [-0.3, -0.25) is 19.2 Å². The van der Waals surface area contributed by atoms with Crippen molar-refractivity contribution >= 4 is 29.6 Å². The Labute approximate surface area is 219 Å². The number of hydrogen-bond donors (Lipinski definition) is 3. The van der Waals surface area contributed by atoms with Gasteiger partial charge in [-0.2, -0.15) is 0 Å². The zero-order valence-corrected chi connectivity index (χ0v) is 22.7. The summed E-state index contributed by atoms with van der Waals surface area (Å²) in [5, 5.41) is 5.58. The first-order chi connectivity index (χ1) is 17.4. The van der Waals surface area contributed by atoms with Gasteiger partial charge in [-0.15, -0.1) is 0 Å². The van der Waals surface area contributed by atoms with Crippen LogP contribution in [-0.2, 0) is 23.9 Å². The minimum absolute atomic E-state index is 0.0296. The Kier molecular flexibility index (Phi) is 9.58. The van der Waals surface area contributed by atoms with Gasteiger partial charge in [-0.1, -0.05) is 39.0 Å². The van der Waals surface area contributed by atoms with Crippen LogP contribution in [-0.4, -0.2) is 64.3 Å². The Morgan fingerprint density at radius 1 is 1.00 bits per heavy atom. The highest BCUT2D eigenvalue weighted by molar-refractivity contribution is 6.37. The lowest BCUT2D eigenvalue weighted by Crippen LogP contribution is -2.61. The number of ketones is 1. The number of hydrogen-bond acceptors (Lipinski definition) is 6. The third kappa shape index (κ3) is 7.23. The minimum atomic E-state index is -1.08. The fourth-order valence-electron chi connectivity index (χ4n) is 6.19. The molecule has 1 saturated heterocycles. The zero-order chi connectivity index (χ0) is 27.3. The number of ether oxygens (including phenoxy) is 1. The van der Waals surface area contributed by atoms with E-state index in [1.54, 1.807) is 25.7 Å². The molecule has 10 nitrogen and oxygen atoms in total. The van der Waals surface area contributed by atoms with E-state index in [4.69, 9.17) is 10.5 Å². The number of primary amides is 1. The van der Waals surface area contributed by atoms with Crippen LogP contribution >= 0.6 is 0 Å². The second-order valence-corrected chi connectivity index (χ2v) is 11.9. The van der Waals surface area contributed by atoms with E-state index >= 15 is 0 Å². The predicted octanol–water partition coefficient (Wildman–Crippen LogP) is 2.57. The number of carbonyl (C=O) groups excluding carboxylic acids is 5. The number of fused-ring (bicyclic) bond motifs is 2. The lowest BCUT2D eigenvalue weighted by molar-refractivity contribution is -0.146. The molecule has 0 radical (unpaired) electrons. The lowest BCUT2D eigenvalue weighted by atomic mass is 9.83. The summed E-state index contributed by atoms with van der Waals surface area (Å²) >= 11 is 0. The van der Waals surface area contributed by atoms with Crippen LogP contribution in [0.5, 0.6) is 0 Å². The zero-order valence-electron chi connectivity index (χ0n) is 22.7. The fourth-order valence-corrected chi connectivity index (χ4v) is 6.19. The van der Waals surface area contributed by atoms with E-state index in [9.17, 15) is 24.0 Å². The Hall–Kier alpha value is -2.65. The van der Waals surface area contributed by atoms with Gasteiger partial charge in [0, 0.05) is 6.04 Å². The van der Waals surface area contributed by atoms with Gasteiger partial charge in [0.15, 0.2) is 0 Å². The number of piperidine rings is 1. The first-order valence-corrected chi connectivity index (χ1v) is 13.9. The summed E-state index contributed by atoms with van der Waals surface area (Å²) in [5.41, 5.74) is 4.52. The van der Waals surface area contributed by atoms with Crippen LogP contribution in [0.25, 0.3) is 0 Å². The first kappa shape index (κ1) is 28.9. The van der Waals surface area contributed by atoms with E-state index in [1.807, 2.05) is 6.92 Å². The predicted molar refractivity (Wildman–Crippen MR) is 137 cm³/mol. The Morgan fingerprint density at radius 3 is 2.27 bits per heavy atom. The van der Waals surface area contributed by atoms with Crippen LogP contribution in [0.1, 0.15) is 98.3 Å². The summed E-state index contributed by atoms with van der Waals surface area (Å²) in [6.07, 6.45) is 8.10. The molecule has 5 atom stereocenters. The summed E-state index contributed by atoms with van der Waals surface area (Å²) in [7, 11) is 0. The minimum Gasteiger partial charge on any atom is -0.444 e. The van der Waals surface area contributed by atoms with Gasteiger partial charge < -0.3 is 26.0 Å². The molecular formula is C27H44N4O6. The SMILES string of the molecule is CCCCC(NC(=O)C1C2CCC(C2)N1C(=O)[C@H](NC(=O)OC(C)(C)C)C1CCCCC1)C(=O)C(N)=O. The van der Waals surface area contributed by atoms with E-state index in [2.05, 4.69) is 10.6 Å². The summed E-state index contributed by atoms with van der Waals surface area (Å²) in [4.78, 5) is 66.0. The van der Waals surface area contributed by atoms with Crippen molar-refractivity contribution in [3.05, 3.63) is 0 Å². The maximum absolute atomic E-state index is 14.1. The average Bonchev–Trinajstić information content (AvgIpc) is 3.45. The topological polar surface area (TPSA) is 148 Å². The average molecular weight is 521 g/mol. The van der Waals surface area contributed by atoms with Crippen molar-refractivity contribution in [2.24, 2.45) is 17.6 Å². The molecule has 10 heteroatoms. The Bertz CT molecular complexity index is 879. The number of nitrogens with one attached hydrogen (secondary N) is 2. The van der Waals surface area contributed by atoms with Crippen molar-refractivity contribution in [2.75, 3.05) is 0 Å². The van der Waals surface area contributed by atoms with E-state index < -0.39 is 47.4 Å². The van der Waals surface area contributed by atoms with Gasteiger partial charge in [0.25, 0.3) is 5.91 Å². The monoisotopic (exact) mass is 520 g/mol. The highest BCUT2D eigenvalue weighted by atomic mass is 16.6. The molecule has 4 amide bonds. The van der Waals surface area contributed by atoms with E-state index in [-0.39, 0.29) is 23.8 Å². The summed E-state index contributed by atoms with van der Waals surface area (Å²) < 4.78 is 5.47. The number of nitrogens with two attached hydrogens (primary N) is 1. The highest BCUT2D eigenvalue weighted by Crippen LogP contribution is 2.43. The number of carbonyl (C=O) groups is 5. The summed E-state index contributed by atoms with van der Waals surface area (Å²) in [6.45, 7) is 7.26. The molecule has 0 aromatic heterocycles. The Morgan fingerprint density at radius 2 is 1.68 bits per heavy atom. The molecule has 3 rings (SSSR count). The molecule has 0 spiro atoms. The molecule has 0 aromatic rings. The molecule has 4 N–H and O–H groups in total. The maximum atomic E-state index is 14.1. The molecule has 2 bridgehead atoms. The second kappa shape index (κ2) is 12.3. The van der Waals surface area contributed by atoms with Gasteiger partial charge >= 0.3 is 6.09 Å². The molecule has 3 aliphatic rings. The number of alkyl carbamates (subject to hydrolysis) is 1. The molecule has 2 aliphatic carbocycles. The van der Waals surface area contributed by atoms with Crippen LogP contribution in [0, 0.1) is 11.8 Å². The fraction of sp³-hybridized carbons (Fsp3) is 0.815. The van der Waals surface area contributed by atoms with E-state index in [0.29, 0.717) is 19.3 Å². The smallest absolute Gasteiger partial charge is 0.408 e. The molecule has 1 aliphatic heterocycles. The van der Waals surface area contributed by atoms with Crippen LogP contribution < -0.4 is 16.4 Å². The lowest BCUT2D eigenvalue weighted by Gasteiger charge is -2.40. The number of unbranched alkanes of at least 4 members (excludes halogenated alkanes) is 1. The van der Waals surface area contributed by atoms with Gasteiger partial charge in [0.05, 0.1) is 6.04 Å². The first-order valence-electron chi connectivity index (χ1n) is 13.9. The van der Waals surface area contributed by atoms with Gasteiger partial charge in [0.1, 0.15) is 17.7 Å². The van der Waals surface area contributed by atoms with Crippen molar-refractivity contribution in [3.63, 3.8) is 0 Å². The van der Waals surface area contributed by atoms with Crippen molar-refractivity contribution in [1.82, 2.24) is 15.5 Å². The molecule has 1 heterocycles. The maximum Gasteiger partial charge on any atom is 0.408 e. The van der Waals surface area contributed by atoms with Crippen LogP contribution in [0.3, 0.4) is 0 Å². The molecule has 0 aromatic carbocycles. The van der Waals surface area contributed by atoms with Gasteiger partial charge in [-0.25, -0.2) is 4.79 Å². The van der Waals surface area contributed by atoms with Crippen molar-refractivity contribution in [3.8, 4) is 0 Å². The number of nitrogens with zero attached hydrogens (tertiary/aromatic N) is 1. The standard InChI is InChI=1S/C27H44N4O6/c1-5-6-12-19(22(32)23(28)33)29-24(34)21-17-13-14-18(15-17)31(21)25(35)20(16-10-8-7-9-11-16)30-26(36)37-27(2,3)4/h16-21H,5-15H2,1-4H3,(H2,28,33)(H,29,34)(H,30,36)/t17?,18?,19?,20-,21?/m1/s1. The Balaban J connectivity index is 1.83. The largest absolute Gasteiger partial charge is 0.444 e. The summed E-state index contributed by atoms with van der Waals surface area (Å²) in [6, 6.07) is -2.63. The molecule has 208 valence electrons. The van der Waals surface area contributed by atoms with Crippen molar-refractivity contribution < 1.29 is 28.7 Å². The second-order valence-electron chi connectivity index (χ2n) is 11.9. The number of likely N-dealkylation sites (tertiary alicyclic amines) is 1. The molecular weight excluding hydrogens is 476 g/mol. The number of amides is 4. The van der Waals surface area contributed by atoms with E-state index in [0.717, 1.165) is 51.4 Å².